The molecule has 1 aliphatic heterocycles. The highest BCUT2D eigenvalue weighted by atomic mass is 16.5. The molecule has 0 amide bonds. The van der Waals surface area contributed by atoms with Crippen molar-refractivity contribution < 1.29 is 9.53 Å². The van der Waals surface area contributed by atoms with Gasteiger partial charge in [0.1, 0.15) is 0 Å². The van der Waals surface area contributed by atoms with E-state index in [4.69, 9.17) is 4.74 Å². The van der Waals surface area contributed by atoms with Gasteiger partial charge in [0.05, 0.1) is 12.2 Å². The van der Waals surface area contributed by atoms with Gasteiger partial charge in [0.25, 0.3) is 0 Å². The van der Waals surface area contributed by atoms with Crippen molar-refractivity contribution in [2.45, 2.75) is 70.5 Å². The fraction of sp³-hybridized carbons (Fsp3) is 0.842. The van der Waals surface area contributed by atoms with Crippen LogP contribution in [-0.2, 0) is 9.53 Å². The molecular weight excluding hydrogens is 260 g/mol. The Morgan fingerprint density at radius 3 is 2.95 bits per heavy atom. The van der Waals surface area contributed by atoms with Gasteiger partial charge in [-0.05, 0) is 68.3 Å². The lowest BCUT2D eigenvalue weighted by Gasteiger charge is -2.51. The van der Waals surface area contributed by atoms with Crippen LogP contribution in [0, 0.1) is 28.1 Å². The average molecular weight is 284 g/mol. The van der Waals surface area contributed by atoms with Crippen molar-refractivity contribution in [1.29, 1.82) is 0 Å². The van der Waals surface area contributed by atoms with Crippen molar-refractivity contribution in [3.8, 4) is 0 Å². The van der Waals surface area contributed by atoms with Crippen LogP contribution in [0.1, 0.15) is 58.3 Å². The van der Waals surface area contributed by atoms with E-state index in [9.17, 15) is 4.79 Å². The van der Waals surface area contributed by atoms with Crippen LogP contribution in [0.5, 0.6) is 0 Å². The van der Waals surface area contributed by atoms with Crippen molar-refractivity contribution >= 4 is 5.78 Å². The van der Waals surface area contributed by atoms with Crippen LogP contribution < -0.4 is 0 Å². The molecule has 6 rings (SSSR count). The molecule has 0 unspecified atom stereocenters. The SMILES string of the molecule is C[C@]12C[C@@H]3O[C@H]1CC[C@H]2[C@@H]1CCC2=CC(=O)CC[C@@]24C[C@@]314. The Bertz CT molecular complexity index is 607. The first-order valence-electron chi connectivity index (χ1n) is 9.00. The van der Waals surface area contributed by atoms with E-state index < -0.39 is 0 Å². The minimum atomic E-state index is 0.380. The molecule has 0 aromatic carbocycles. The molecule has 7 atom stereocenters. The highest BCUT2D eigenvalue weighted by molar-refractivity contribution is 5.92. The minimum Gasteiger partial charge on any atom is -0.374 e. The third-order valence-corrected chi connectivity index (χ3v) is 8.83. The number of carbonyl (C=O) groups excluding carboxylic acids is 1. The van der Waals surface area contributed by atoms with Gasteiger partial charge in [0, 0.05) is 17.3 Å². The van der Waals surface area contributed by atoms with Crippen LogP contribution in [0.25, 0.3) is 0 Å². The Hall–Kier alpha value is -0.630. The van der Waals surface area contributed by atoms with Crippen molar-refractivity contribution in [3.63, 3.8) is 0 Å². The lowest BCUT2D eigenvalue weighted by molar-refractivity contribution is -0.116. The summed E-state index contributed by atoms with van der Waals surface area (Å²) in [5.74, 6) is 2.17. The smallest absolute Gasteiger partial charge is 0.155 e. The number of allylic oxidation sites excluding steroid dienone is 1. The van der Waals surface area contributed by atoms with Gasteiger partial charge in [-0.1, -0.05) is 12.5 Å². The zero-order chi connectivity index (χ0) is 14.0. The topological polar surface area (TPSA) is 26.3 Å². The molecule has 2 spiro atoms. The van der Waals surface area contributed by atoms with E-state index in [2.05, 4.69) is 6.92 Å². The first kappa shape index (κ1) is 11.9. The first-order valence-corrected chi connectivity index (χ1v) is 9.00. The zero-order valence-electron chi connectivity index (χ0n) is 12.9. The summed E-state index contributed by atoms with van der Waals surface area (Å²) < 4.78 is 6.65. The average Bonchev–Trinajstić information content (AvgIpc) is 2.89. The summed E-state index contributed by atoms with van der Waals surface area (Å²) >= 11 is 0. The van der Waals surface area contributed by atoms with Crippen LogP contribution >= 0.6 is 0 Å². The second kappa shape index (κ2) is 3.18. The van der Waals surface area contributed by atoms with Gasteiger partial charge in [0.15, 0.2) is 5.78 Å². The Morgan fingerprint density at radius 2 is 2.05 bits per heavy atom. The molecule has 0 N–H and O–H groups in total. The highest BCUT2D eigenvalue weighted by Gasteiger charge is 2.82. The third-order valence-electron chi connectivity index (χ3n) is 8.83. The van der Waals surface area contributed by atoms with Crippen molar-refractivity contribution in [1.82, 2.24) is 0 Å². The molecule has 0 radical (unpaired) electrons. The van der Waals surface area contributed by atoms with Gasteiger partial charge in [-0.3, -0.25) is 4.79 Å². The molecule has 6 aliphatic rings. The van der Waals surface area contributed by atoms with E-state index in [1.54, 1.807) is 0 Å². The van der Waals surface area contributed by atoms with Crippen molar-refractivity contribution in [3.05, 3.63) is 11.6 Å². The number of ketones is 1. The molecule has 4 saturated carbocycles. The molecule has 5 fully saturated rings. The molecule has 5 aliphatic carbocycles. The molecule has 2 bridgehead atoms. The number of ether oxygens (including phenoxy) is 1. The summed E-state index contributed by atoms with van der Waals surface area (Å²) in [6.07, 6.45) is 12.9. The quantitative estimate of drug-likeness (QED) is 0.678. The molecule has 2 nitrogen and oxygen atoms in total. The van der Waals surface area contributed by atoms with Gasteiger partial charge >= 0.3 is 0 Å². The van der Waals surface area contributed by atoms with Gasteiger partial charge in [-0.25, -0.2) is 0 Å². The van der Waals surface area contributed by atoms with Gasteiger partial charge in [0.2, 0.25) is 0 Å². The van der Waals surface area contributed by atoms with Crippen LogP contribution in [0.2, 0.25) is 0 Å². The van der Waals surface area contributed by atoms with E-state index in [0.29, 0.717) is 34.2 Å². The van der Waals surface area contributed by atoms with Crippen LogP contribution in [0.3, 0.4) is 0 Å². The lowest BCUT2D eigenvalue weighted by atomic mass is 9.52. The predicted octanol–water partition coefficient (Wildman–Crippen LogP) is 3.65. The highest BCUT2D eigenvalue weighted by Crippen LogP contribution is 2.86. The van der Waals surface area contributed by atoms with Crippen molar-refractivity contribution in [2.75, 3.05) is 0 Å². The third kappa shape index (κ3) is 1.03. The summed E-state index contributed by atoms with van der Waals surface area (Å²) in [5.41, 5.74) is 2.83. The van der Waals surface area contributed by atoms with Crippen molar-refractivity contribution in [2.24, 2.45) is 28.1 Å². The molecular formula is C19H24O2. The van der Waals surface area contributed by atoms with Crippen LogP contribution in [0.15, 0.2) is 11.6 Å². The fourth-order valence-electron chi connectivity index (χ4n) is 8.02. The van der Waals surface area contributed by atoms with Gasteiger partial charge in [-0.2, -0.15) is 0 Å². The van der Waals surface area contributed by atoms with E-state index in [1.807, 2.05) is 6.08 Å². The van der Waals surface area contributed by atoms with E-state index >= 15 is 0 Å². The molecule has 21 heavy (non-hydrogen) atoms. The number of hydrogen-bond acceptors (Lipinski definition) is 2. The Balaban J connectivity index is 1.52. The molecule has 0 aromatic heterocycles. The second-order valence-electron chi connectivity index (χ2n) is 9.09. The maximum Gasteiger partial charge on any atom is 0.155 e. The van der Waals surface area contributed by atoms with E-state index in [1.165, 1.54) is 44.1 Å². The standard InChI is InChI=1S/C19H24O2/c1-17-9-16-19-10-18(19)7-6-12(20)8-11(18)2-3-14(19)13(17)4-5-15(17)21-16/h8,13-16H,2-7,9-10H2,1H3/t13-,14-,15-,16-,17+,18+,19-/m0/s1. The Labute approximate surface area is 126 Å². The maximum atomic E-state index is 11.9. The molecule has 112 valence electrons. The summed E-state index contributed by atoms with van der Waals surface area (Å²) in [7, 11) is 0. The second-order valence-corrected chi connectivity index (χ2v) is 9.09. The summed E-state index contributed by atoms with van der Waals surface area (Å²) in [4.78, 5) is 11.9. The summed E-state index contributed by atoms with van der Waals surface area (Å²) in [5, 5.41) is 0. The molecule has 1 saturated heterocycles. The molecule has 0 aromatic rings. The number of rotatable bonds is 0. The number of carbonyl (C=O) groups is 1. The molecule has 1 heterocycles. The van der Waals surface area contributed by atoms with Gasteiger partial charge in [-0.15, -0.1) is 0 Å². The van der Waals surface area contributed by atoms with E-state index in [-0.39, 0.29) is 0 Å². The Morgan fingerprint density at radius 1 is 1.14 bits per heavy atom. The number of fused-ring (bicyclic) bond motifs is 2. The normalized spacial score (nSPS) is 62.7. The number of hydrogen-bond donors (Lipinski definition) is 0. The lowest BCUT2D eigenvalue weighted by Crippen LogP contribution is -2.49. The van der Waals surface area contributed by atoms with Crippen LogP contribution in [0.4, 0.5) is 0 Å². The largest absolute Gasteiger partial charge is 0.374 e. The summed E-state index contributed by atoms with van der Waals surface area (Å²) in [6.45, 7) is 2.52. The predicted molar refractivity (Wildman–Crippen MR) is 78.6 cm³/mol. The summed E-state index contributed by atoms with van der Waals surface area (Å²) in [6, 6.07) is 0. The monoisotopic (exact) mass is 284 g/mol. The van der Waals surface area contributed by atoms with Gasteiger partial charge < -0.3 is 4.74 Å². The first-order chi connectivity index (χ1) is 10.1. The maximum absolute atomic E-state index is 11.9. The zero-order valence-corrected chi connectivity index (χ0v) is 12.9. The van der Waals surface area contributed by atoms with Crippen LogP contribution in [-0.4, -0.2) is 18.0 Å². The molecule has 2 heteroatoms. The Kier molecular flexibility index (Phi) is 1.80. The minimum absolute atomic E-state index is 0.380. The fourth-order valence-corrected chi connectivity index (χ4v) is 8.02. The van der Waals surface area contributed by atoms with E-state index in [0.717, 1.165) is 24.7 Å².